The summed E-state index contributed by atoms with van der Waals surface area (Å²) >= 11 is 3.47. The van der Waals surface area contributed by atoms with Crippen LogP contribution in [0.15, 0.2) is 53.0 Å². The van der Waals surface area contributed by atoms with E-state index < -0.39 is 0 Å². The van der Waals surface area contributed by atoms with Crippen LogP contribution in [0.3, 0.4) is 0 Å². The van der Waals surface area contributed by atoms with Crippen molar-refractivity contribution >= 4 is 15.9 Å². The second-order valence-electron chi connectivity index (χ2n) is 5.25. The Morgan fingerprint density at radius 2 is 1.90 bits per heavy atom. The lowest BCUT2D eigenvalue weighted by Crippen LogP contribution is -2.23. The van der Waals surface area contributed by atoms with Crippen LogP contribution < -0.4 is 5.32 Å². The Balaban J connectivity index is 2.15. The van der Waals surface area contributed by atoms with Crippen LogP contribution in [0.25, 0.3) is 0 Å². The van der Waals surface area contributed by atoms with Crippen LogP contribution in [-0.4, -0.2) is 13.1 Å². The topological polar surface area (TPSA) is 12.0 Å². The van der Waals surface area contributed by atoms with Gasteiger partial charge in [0.05, 0.1) is 0 Å². The highest BCUT2D eigenvalue weighted by atomic mass is 79.9. The molecule has 0 aliphatic rings. The van der Waals surface area contributed by atoms with E-state index in [9.17, 15) is 4.39 Å². The Labute approximate surface area is 134 Å². The van der Waals surface area contributed by atoms with Gasteiger partial charge in [-0.25, -0.2) is 4.39 Å². The summed E-state index contributed by atoms with van der Waals surface area (Å²) in [6.45, 7) is 4.12. The van der Waals surface area contributed by atoms with Crippen molar-refractivity contribution in [3.8, 4) is 0 Å². The standard InChI is InChI=1S/C18H21BrFN/c1-2-10-21-13-16(14-6-4-3-5-7-14)11-15-8-9-17(20)12-18(15)19/h3-9,12,16,21H,2,10-11,13H2,1H3. The minimum Gasteiger partial charge on any atom is -0.316 e. The van der Waals surface area contributed by atoms with E-state index in [1.165, 1.54) is 17.7 Å². The smallest absolute Gasteiger partial charge is 0.124 e. The summed E-state index contributed by atoms with van der Waals surface area (Å²) in [5.74, 6) is 0.186. The first-order chi connectivity index (χ1) is 10.2. The Morgan fingerprint density at radius 3 is 2.57 bits per heavy atom. The molecule has 0 amide bonds. The molecule has 2 aromatic carbocycles. The fraction of sp³-hybridized carbons (Fsp3) is 0.333. The minimum atomic E-state index is -0.203. The molecule has 0 aromatic heterocycles. The van der Waals surface area contributed by atoms with E-state index in [1.54, 1.807) is 0 Å². The molecule has 3 heteroatoms. The molecule has 0 spiro atoms. The number of rotatable bonds is 7. The van der Waals surface area contributed by atoms with Gasteiger partial charge >= 0.3 is 0 Å². The summed E-state index contributed by atoms with van der Waals surface area (Å²) in [7, 11) is 0. The van der Waals surface area contributed by atoms with Crippen molar-refractivity contribution < 1.29 is 4.39 Å². The third kappa shape index (κ3) is 4.94. The van der Waals surface area contributed by atoms with Gasteiger partial charge in [0.25, 0.3) is 0 Å². The number of halogens is 2. The maximum atomic E-state index is 13.2. The van der Waals surface area contributed by atoms with Crippen molar-refractivity contribution in [3.63, 3.8) is 0 Å². The van der Waals surface area contributed by atoms with E-state index in [0.717, 1.165) is 36.0 Å². The molecule has 112 valence electrons. The normalized spacial score (nSPS) is 12.3. The van der Waals surface area contributed by atoms with Crippen LogP contribution in [-0.2, 0) is 6.42 Å². The molecule has 1 atom stereocenters. The number of nitrogens with one attached hydrogen (secondary N) is 1. The van der Waals surface area contributed by atoms with Crippen molar-refractivity contribution in [3.05, 3.63) is 69.9 Å². The lowest BCUT2D eigenvalue weighted by Gasteiger charge is -2.19. The van der Waals surface area contributed by atoms with Gasteiger partial charge in [-0.2, -0.15) is 0 Å². The van der Waals surface area contributed by atoms with E-state index in [0.29, 0.717) is 5.92 Å². The maximum Gasteiger partial charge on any atom is 0.124 e. The Bertz CT molecular complexity index is 556. The van der Waals surface area contributed by atoms with Crippen LogP contribution in [0.5, 0.6) is 0 Å². The molecule has 0 radical (unpaired) electrons. The minimum absolute atomic E-state index is 0.203. The van der Waals surface area contributed by atoms with Crippen LogP contribution in [0.2, 0.25) is 0 Å². The molecular weight excluding hydrogens is 329 g/mol. The van der Waals surface area contributed by atoms with Gasteiger partial charge in [0.1, 0.15) is 5.82 Å². The fourth-order valence-corrected chi connectivity index (χ4v) is 2.95. The zero-order chi connectivity index (χ0) is 15.1. The van der Waals surface area contributed by atoms with E-state index in [2.05, 4.69) is 52.4 Å². The molecule has 2 aromatic rings. The zero-order valence-electron chi connectivity index (χ0n) is 12.3. The molecule has 0 aliphatic carbocycles. The molecule has 0 bridgehead atoms. The monoisotopic (exact) mass is 349 g/mol. The van der Waals surface area contributed by atoms with Gasteiger partial charge in [-0.1, -0.05) is 59.3 Å². The number of benzene rings is 2. The molecule has 0 saturated carbocycles. The number of hydrogen-bond acceptors (Lipinski definition) is 1. The summed E-state index contributed by atoms with van der Waals surface area (Å²) < 4.78 is 14.1. The van der Waals surface area contributed by atoms with Gasteiger partial charge < -0.3 is 5.32 Å². The predicted molar refractivity (Wildman–Crippen MR) is 90.1 cm³/mol. The molecule has 1 N–H and O–H groups in total. The SMILES string of the molecule is CCCNCC(Cc1ccc(F)cc1Br)c1ccccc1. The Morgan fingerprint density at radius 1 is 1.14 bits per heavy atom. The second-order valence-corrected chi connectivity index (χ2v) is 6.11. The van der Waals surface area contributed by atoms with Crippen LogP contribution in [0, 0.1) is 5.82 Å². The lowest BCUT2D eigenvalue weighted by atomic mass is 9.92. The molecule has 2 rings (SSSR count). The summed E-state index contributed by atoms with van der Waals surface area (Å²) in [4.78, 5) is 0. The van der Waals surface area contributed by atoms with E-state index >= 15 is 0 Å². The van der Waals surface area contributed by atoms with Gasteiger partial charge in [0.2, 0.25) is 0 Å². The molecule has 0 aliphatic heterocycles. The highest BCUT2D eigenvalue weighted by Crippen LogP contribution is 2.26. The lowest BCUT2D eigenvalue weighted by molar-refractivity contribution is 0.574. The first kappa shape index (κ1) is 16.2. The average molecular weight is 350 g/mol. The van der Waals surface area contributed by atoms with Crippen molar-refractivity contribution in [2.75, 3.05) is 13.1 Å². The summed E-state index contributed by atoms with van der Waals surface area (Å²) in [6, 6.07) is 15.4. The molecule has 21 heavy (non-hydrogen) atoms. The van der Waals surface area contributed by atoms with Gasteiger partial charge in [0, 0.05) is 16.9 Å². The van der Waals surface area contributed by atoms with E-state index in [4.69, 9.17) is 0 Å². The van der Waals surface area contributed by atoms with Crippen molar-refractivity contribution in [2.45, 2.75) is 25.7 Å². The summed E-state index contributed by atoms with van der Waals surface area (Å²) in [5, 5.41) is 3.50. The first-order valence-electron chi connectivity index (χ1n) is 7.40. The van der Waals surface area contributed by atoms with Gasteiger partial charge in [-0.15, -0.1) is 0 Å². The van der Waals surface area contributed by atoms with E-state index in [1.807, 2.05) is 12.1 Å². The molecule has 1 unspecified atom stereocenters. The van der Waals surface area contributed by atoms with Gasteiger partial charge in [0.15, 0.2) is 0 Å². The quantitative estimate of drug-likeness (QED) is 0.700. The second kappa shape index (κ2) is 8.30. The van der Waals surface area contributed by atoms with Gasteiger partial charge in [-0.3, -0.25) is 0 Å². The molecule has 1 nitrogen and oxygen atoms in total. The zero-order valence-corrected chi connectivity index (χ0v) is 13.9. The first-order valence-corrected chi connectivity index (χ1v) is 8.19. The summed E-state index contributed by atoms with van der Waals surface area (Å²) in [5.41, 5.74) is 2.46. The van der Waals surface area contributed by atoms with Crippen LogP contribution in [0.1, 0.15) is 30.4 Å². The predicted octanol–water partition coefficient (Wildman–Crippen LogP) is 4.91. The highest BCUT2D eigenvalue weighted by molar-refractivity contribution is 9.10. The van der Waals surface area contributed by atoms with Crippen molar-refractivity contribution in [1.82, 2.24) is 5.32 Å². The van der Waals surface area contributed by atoms with Crippen molar-refractivity contribution in [1.29, 1.82) is 0 Å². The summed E-state index contributed by atoms with van der Waals surface area (Å²) in [6.07, 6.45) is 2.02. The Kier molecular flexibility index (Phi) is 6.40. The maximum absolute atomic E-state index is 13.2. The van der Waals surface area contributed by atoms with Crippen molar-refractivity contribution in [2.24, 2.45) is 0 Å². The van der Waals surface area contributed by atoms with E-state index in [-0.39, 0.29) is 5.82 Å². The van der Waals surface area contributed by atoms with Gasteiger partial charge in [-0.05, 0) is 42.6 Å². The van der Waals surface area contributed by atoms with Crippen LogP contribution in [0.4, 0.5) is 4.39 Å². The third-order valence-electron chi connectivity index (χ3n) is 3.57. The molecule has 0 heterocycles. The molecule has 0 fully saturated rings. The largest absolute Gasteiger partial charge is 0.316 e. The third-order valence-corrected chi connectivity index (χ3v) is 4.31. The number of hydrogen-bond donors (Lipinski definition) is 1. The fourth-order valence-electron chi connectivity index (χ4n) is 2.44. The average Bonchev–Trinajstić information content (AvgIpc) is 2.49. The Hall–Kier alpha value is -1.19. The highest BCUT2D eigenvalue weighted by Gasteiger charge is 2.14. The molecule has 0 saturated heterocycles. The molecular formula is C18H21BrFN. The van der Waals surface area contributed by atoms with Crippen LogP contribution >= 0.6 is 15.9 Å².